The van der Waals surface area contributed by atoms with Crippen LogP contribution in [0.25, 0.3) is 0 Å². The van der Waals surface area contributed by atoms with Gasteiger partial charge < -0.3 is 20.3 Å². The molecule has 2 N–H and O–H groups in total. The van der Waals surface area contributed by atoms with Crippen LogP contribution in [0.2, 0.25) is 5.02 Å². The Morgan fingerprint density at radius 3 is 2.37 bits per heavy atom. The molecule has 0 saturated heterocycles. The number of halogens is 1. The number of ether oxygens (including phenoxy) is 1. The molecule has 1 aliphatic carbocycles. The number of sulfone groups is 1. The lowest BCUT2D eigenvalue weighted by molar-refractivity contribution is 0.215. The van der Waals surface area contributed by atoms with E-state index in [1.165, 1.54) is 34.8 Å². The van der Waals surface area contributed by atoms with Crippen LogP contribution in [-0.4, -0.2) is 64.6 Å². The van der Waals surface area contributed by atoms with Crippen LogP contribution in [0.1, 0.15) is 70.4 Å². The zero-order chi connectivity index (χ0) is 30.1. The Kier molecular flexibility index (Phi) is 9.50. The van der Waals surface area contributed by atoms with E-state index in [-0.39, 0.29) is 22.0 Å². The van der Waals surface area contributed by atoms with Gasteiger partial charge in [0.25, 0.3) is 0 Å². The van der Waals surface area contributed by atoms with Crippen molar-refractivity contribution in [3.05, 3.63) is 40.7 Å². The van der Waals surface area contributed by atoms with Gasteiger partial charge in [-0.3, -0.25) is 4.68 Å². The number of aryl methyl sites for hydroxylation is 2. The fraction of sp³-hybridized carbons (Fsp3) is 0.552. The molecule has 2 heterocycles. The van der Waals surface area contributed by atoms with Gasteiger partial charge in [-0.15, -0.1) is 0 Å². The van der Waals surface area contributed by atoms with E-state index < -0.39 is 15.1 Å². The first-order valence-corrected chi connectivity index (χ1v) is 16.0. The zero-order valence-corrected chi connectivity index (χ0v) is 26.8. The van der Waals surface area contributed by atoms with Crippen LogP contribution >= 0.6 is 11.6 Å². The van der Waals surface area contributed by atoms with E-state index in [2.05, 4.69) is 63.8 Å². The molecule has 0 atom stereocenters. The van der Waals surface area contributed by atoms with E-state index in [1.54, 1.807) is 27.1 Å². The summed E-state index contributed by atoms with van der Waals surface area (Å²) in [6.45, 7) is 9.37. The zero-order valence-electron chi connectivity index (χ0n) is 25.2. The van der Waals surface area contributed by atoms with Gasteiger partial charge >= 0.3 is 0 Å². The number of hydrogen-bond acceptors (Lipinski definition) is 9. The van der Waals surface area contributed by atoms with Crippen LogP contribution in [0.3, 0.4) is 0 Å². The molecule has 2 aromatic heterocycles. The number of nitrogens with one attached hydrogen (secondary N) is 2. The Hall–Kier alpha value is -2.89. The van der Waals surface area contributed by atoms with Gasteiger partial charge in [0.15, 0.2) is 5.82 Å². The van der Waals surface area contributed by atoms with Gasteiger partial charge in [-0.1, -0.05) is 11.6 Å². The third-order valence-electron chi connectivity index (χ3n) is 7.53. The molecule has 1 aliphatic rings. The normalized spacial score (nSPS) is 17.9. The summed E-state index contributed by atoms with van der Waals surface area (Å²) in [5, 5.41) is 10.1. The quantitative estimate of drug-likeness (QED) is 0.279. The lowest BCUT2D eigenvalue weighted by Crippen LogP contribution is -2.31. The molecule has 1 aromatic carbocycles. The Morgan fingerprint density at radius 1 is 1.07 bits per heavy atom. The molecule has 0 unspecified atom stereocenters. The fourth-order valence-corrected chi connectivity index (χ4v) is 6.48. The molecule has 10 nitrogen and oxygen atoms in total. The Balaban J connectivity index is 1.63. The first kappa shape index (κ1) is 31.1. The van der Waals surface area contributed by atoms with Crippen LogP contribution in [0.15, 0.2) is 29.6 Å². The number of anilines is 4. The minimum Gasteiger partial charge on any atom is -0.489 e. The predicted molar refractivity (Wildman–Crippen MR) is 165 cm³/mol. The monoisotopic (exact) mass is 603 g/mol. The van der Waals surface area contributed by atoms with Crippen molar-refractivity contribution < 1.29 is 13.2 Å². The molecule has 0 bridgehead atoms. The van der Waals surface area contributed by atoms with E-state index in [0.29, 0.717) is 23.6 Å². The van der Waals surface area contributed by atoms with Crippen LogP contribution in [0, 0.1) is 6.92 Å². The van der Waals surface area contributed by atoms with Crippen LogP contribution < -0.4 is 15.4 Å². The molecule has 1 fully saturated rings. The average Bonchev–Trinajstić information content (AvgIpc) is 3.28. The highest BCUT2D eigenvalue weighted by Crippen LogP contribution is 2.40. The van der Waals surface area contributed by atoms with Gasteiger partial charge in [0.1, 0.15) is 10.8 Å². The lowest BCUT2D eigenvalue weighted by Gasteiger charge is -2.33. The van der Waals surface area contributed by atoms with Crippen LogP contribution in [0.4, 0.5) is 23.1 Å². The fourth-order valence-electron chi connectivity index (χ4n) is 5.25. The molecule has 0 aliphatic heterocycles. The van der Waals surface area contributed by atoms with E-state index >= 15 is 0 Å². The second-order valence-electron chi connectivity index (χ2n) is 11.6. The first-order valence-electron chi connectivity index (χ1n) is 14.1. The lowest BCUT2D eigenvalue weighted by atomic mass is 9.80. The van der Waals surface area contributed by atoms with Gasteiger partial charge in [0, 0.05) is 19.3 Å². The highest BCUT2D eigenvalue weighted by atomic mass is 35.5. The summed E-state index contributed by atoms with van der Waals surface area (Å²) in [4.78, 5) is 11.3. The largest absolute Gasteiger partial charge is 0.489 e. The molecular formula is C29H42ClN7O3S. The van der Waals surface area contributed by atoms with Crippen molar-refractivity contribution >= 4 is 44.6 Å². The van der Waals surface area contributed by atoms with Crippen molar-refractivity contribution in [1.82, 2.24) is 24.6 Å². The van der Waals surface area contributed by atoms with Gasteiger partial charge in [0.05, 0.1) is 28.9 Å². The highest BCUT2D eigenvalue weighted by molar-refractivity contribution is 7.92. The standard InChI is InChI=1S/C29H42ClN7O3S/c1-17(2)40-26-14-22(20-9-11-21(12-10-20)36(6)7)19(5)13-24(26)33-29-31-15-23(30)27(34-29)32-25-16-37(8)35-28(25)41(38,39)18(3)4/h13-18,20-21H,9-12H2,1-8H3,(H2,31,32,33,34). The minimum absolute atomic E-state index is 0.0224. The molecule has 12 heteroatoms. The summed E-state index contributed by atoms with van der Waals surface area (Å²) in [6, 6.07) is 4.88. The molecule has 0 spiro atoms. The molecular weight excluding hydrogens is 562 g/mol. The average molecular weight is 604 g/mol. The van der Waals surface area contributed by atoms with Gasteiger partial charge in [-0.25, -0.2) is 13.4 Å². The van der Waals surface area contributed by atoms with Crippen molar-refractivity contribution in [3.63, 3.8) is 0 Å². The predicted octanol–water partition coefficient (Wildman–Crippen LogP) is 6.22. The van der Waals surface area contributed by atoms with Crippen LogP contribution in [-0.2, 0) is 16.9 Å². The topological polar surface area (TPSA) is 114 Å². The van der Waals surface area contributed by atoms with E-state index in [4.69, 9.17) is 16.3 Å². The van der Waals surface area contributed by atoms with Crippen molar-refractivity contribution in [2.75, 3.05) is 24.7 Å². The molecule has 1 saturated carbocycles. The van der Waals surface area contributed by atoms with Crippen LogP contribution in [0.5, 0.6) is 5.75 Å². The minimum atomic E-state index is -3.64. The summed E-state index contributed by atoms with van der Waals surface area (Å²) < 4.78 is 33.5. The second-order valence-corrected chi connectivity index (χ2v) is 14.4. The van der Waals surface area contributed by atoms with Gasteiger partial charge in [-0.2, -0.15) is 10.1 Å². The van der Waals surface area contributed by atoms with Gasteiger partial charge in [0.2, 0.25) is 20.8 Å². The molecule has 0 radical (unpaired) electrons. The summed E-state index contributed by atoms with van der Waals surface area (Å²) in [5.74, 6) is 1.78. The molecule has 3 aromatic rings. The van der Waals surface area contributed by atoms with Crippen molar-refractivity contribution in [1.29, 1.82) is 0 Å². The third-order valence-corrected chi connectivity index (χ3v) is 9.88. The summed E-state index contributed by atoms with van der Waals surface area (Å²) in [7, 11) is 2.35. The molecule has 41 heavy (non-hydrogen) atoms. The first-order chi connectivity index (χ1) is 19.3. The van der Waals surface area contributed by atoms with Crippen molar-refractivity contribution in [2.45, 2.75) is 88.6 Å². The maximum absolute atomic E-state index is 12.9. The Bertz CT molecular complexity index is 1480. The maximum atomic E-state index is 12.9. The number of rotatable bonds is 10. The second kappa shape index (κ2) is 12.5. The number of aromatic nitrogens is 4. The van der Waals surface area contributed by atoms with Crippen molar-refractivity contribution in [2.24, 2.45) is 7.05 Å². The van der Waals surface area contributed by atoms with E-state index in [0.717, 1.165) is 24.3 Å². The number of nitrogens with zero attached hydrogens (tertiary/aromatic N) is 5. The highest BCUT2D eigenvalue weighted by Gasteiger charge is 2.28. The molecule has 4 rings (SSSR count). The maximum Gasteiger partial charge on any atom is 0.229 e. The van der Waals surface area contributed by atoms with Crippen molar-refractivity contribution in [3.8, 4) is 5.75 Å². The molecule has 0 amide bonds. The molecule has 224 valence electrons. The third kappa shape index (κ3) is 7.13. The van der Waals surface area contributed by atoms with E-state index in [9.17, 15) is 8.42 Å². The Morgan fingerprint density at radius 2 is 1.76 bits per heavy atom. The summed E-state index contributed by atoms with van der Waals surface area (Å²) >= 11 is 6.43. The smallest absolute Gasteiger partial charge is 0.229 e. The summed E-state index contributed by atoms with van der Waals surface area (Å²) in [5.41, 5.74) is 3.54. The number of benzene rings is 1. The SMILES string of the molecule is Cc1cc(Nc2ncc(Cl)c(Nc3cn(C)nc3S(=O)(=O)C(C)C)n2)c(OC(C)C)cc1C1CCC(N(C)C)CC1. The Labute approximate surface area is 248 Å². The van der Waals surface area contributed by atoms with E-state index in [1.807, 2.05) is 13.8 Å². The van der Waals surface area contributed by atoms with Gasteiger partial charge in [-0.05, 0) is 104 Å². The summed E-state index contributed by atoms with van der Waals surface area (Å²) in [6.07, 6.45) is 7.70. The number of hydrogen-bond donors (Lipinski definition) is 2.